The second kappa shape index (κ2) is 17.8. The number of benzene rings is 1. The molecule has 1 aliphatic heterocycles. The molecule has 4 rings (SSSR count). The van der Waals surface area contributed by atoms with E-state index in [0.29, 0.717) is 31.6 Å². The average molecular weight is 607 g/mol. The van der Waals surface area contributed by atoms with E-state index in [9.17, 15) is 14.4 Å². The van der Waals surface area contributed by atoms with E-state index in [1.54, 1.807) is 24.5 Å². The van der Waals surface area contributed by atoms with Gasteiger partial charge in [-0.3, -0.25) is 4.79 Å². The van der Waals surface area contributed by atoms with Gasteiger partial charge < -0.3 is 28.7 Å². The van der Waals surface area contributed by atoms with Gasteiger partial charge in [0.25, 0.3) is 0 Å². The van der Waals surface area contributed by atoms with Gasteiger partial charge in [0.1, 0.15) is 18.5 Å². The number of carbonyl (C=O) groups excluding carboxylic acids is 3. The van der Waals surface area contributed by atoms with Gasteiger partial charge in [0.05, 0.1) is 31.4 Å². The number of oxazole rings is 1. The first-order chi connectivity index (χ1) is 21.5. The third-order valence-electron chi connectivity index (χ3n) is 7.42. The van der Waals surface area contributed by atoms with Gasteiger partial charge >= 0.3 is 18.0 Å². The van der Waals surface area contributed by atoms with Gasteiger partial charge in [-0.15, -0.1) is 0 Å². The van der Waals surface area contributed by atoms with Gasteiger partial charge in [0.15, 0.2) is 0 Å². The van der Waals surface area contributed by atoms with Crippen LogP contribution in [0.5, 0.6) is 0 Å². The first-order valence-electron chi connectivity index (χ1n) is 15.3. The zero-order chi connectivity index (χ0) is 31.0. The molecule has 10 nitrogen and oxygen atoms in total. The number of hydrogen-bond donors (Lipinski definition) is 1. The number of methoxy groups -OCH3 is 1. The fourth-order valence-corrected chi connectivity index (χ4v) is 5.25. The standard InChI is InChI=1S/C34H42N2O8/c1-40-34(39)35-20-10-16-31-36-26(24-41-31)13-8-9-17-32(37)44-29-21-28(19-18-25-11-4-2-5-12-25)42-30(22-29)23-33(38)43-27-14-6-3-7-15-27/h2,4-5,9-12,16-19,24,27-30H,3,6-8,13-15,20-23H2,1H3,(H,35,39)/b16-10-,17-9-,19-18+/t28-,29-,30-/m1/s1. The summed E-state index contributed by atoms with van der Waals surface area (Å²) in [7, 11) is 1.30. The molecule has 2 aliphatic rings. The molecule has 0 bridgehead atoms. The maximum absolute atomic E-state index is 12.7. The lowest BCUT2D eigenvalue weighted by atomic mass is 9.97. The Hall–Kier alpha value is -4.18. The highest BCUT2D eigenvalue weighted by Crippen LogP contribution is 2.27. The zero-order valence-electron chi connectivity index (χ0n) is 25.2. The van der Waals surface area contributed by atoms with Crippen molar-refractivity contribution in [2.75, 3.05) is 13.7 Å². The van der Waals surface area contributed by atoms with Crippen LogP contribution in [0.4, 0.5) is 4.79 Å². The lowest BCUT2D eigenvalue weighted by Crippen LogP contribution is -2.38. The molecule has 1 amide bonds. The Balaban J connectivity index is 1.25. The highest BCUT2D eigenvalue weighted by Gasteiger charge is 2.32. The SMILES string of the molecule is COC(=O)NC/C=C\c1nc(CC/C=C\C(=O)O[C@H]2C[C@H](CC(=O)OC3CCCCC3)O[C@H](/C=C/c3ccccc3)C2)co1. The number of carbonyl (C=O) groups is 3. The topological polar surface area (TPSA) is 126 Å². The van der Waals surface area contributed by atoms with Crippen molar-refractivity contribution in [3.8, 4) is 0 Å². The van der Waals surface area contributed by atoms with Crippen molar-refractivity contribution in [2.24, 2.45) is 0 Å². The van der Waals surface area contributed by atoms with Crippen LogP contribution in [-0.2, 0) is 35.0 Å². The second-order valence-corrected chi connectivity index (χ2v) is 10.9. The number of nitrogens with one attached hydrogen (secondary N) is 1. The van der Waals surface area contributed by atoms with E-state index >= 15 is 0 Å². The molecule has 1 aliphatic carbocycles. The highest BCUT2D eigenvalue weighted by molar-refractivity contribution is 5.82. The molecule has 3 atom stereocenters. The first kappa shape index (κ1) is 32.7. The highest BCUT2D eigenvalue weighted by atomic mass is 16.6. The van der Waals surface area contributed by atoms with E-state index in [1.165, 1.54) is 19.6 Å². The van der Waals surface area contributed by atoms with Gasteiger partial charge in [0.2, 0.25) is 5.89 Å². The summed E-state index contributed by atoms with van der Waals surface area (Å²) in [6, 6.07) is 9.90. The Morgan fingerprint density at radius 1 is 1.00 bits per heavy atom. The summed E-state index contributed by atoms with van der Waals surface area (Å²) in [6.07, 6.45) is 17.8. The fraction of sp³-hybridized carbons (Fsp3) is 0.471. The van der Waals surface area contributed by atoms with Crippen molar-refractivity contribution < 1.29 is 37.7 Å². The Labute approximate surface area is 258 Å². The summed E-state index contributed by atoms with van der Waals surface area (Å²) in [6.45, 7) is 0.289. The Bertz CT molecular complexity index is 1280. The molecule has 1 saturated heterocycles. The maximum Gasteiger partial charge on any atom is 0.407 e. The zero-order valence-corrected chi connectivity index (χ0v) is 25.2. The molecule has 2 fully saturated rings. The number of rotatable bonds is 13. The van der Waals surface area contributed by atoms with Crippen LogP contribution in [0.15, 0.2) is 65.3 Å². The minimum Gasteiger partial charge on any atom is -0.462 e. The van der Waals surface area contributed by atoms with Crippen molar-refractivity contribution in [3.05, 3.63) is 78.0 Å². The predicted octanol–water partition coefficient (Wildman–Crippen LogP) is 5.97. The third-order valence-corrected chi connectivity index (χ3v) is 7.42. The number of esters is 2. The van der Waals surface area contributed by atoms with E-state index in [-0.39, 0.29) is 31.1 Å². The van der Waals surface area contributed by atoms with Crippen LogP contribution < -0.4 is 5.32 Å². The number of aryl methyl sites for hydroxylation is 1. The summed E-state index contributed by atoms with van der Waals surface area (Å²) >= 11 is 0. The number of nitrogens with zero attached hydrogens (tertiary/aromatic N) is 1. The molecule has 236 valence electrons. The minimum atomic E-state index is -0.515. The number of hydrogen-bond acceptors (Lipinski definition) is 9. The van der Waals surface area contributed by atoms with Crippen LogP contribution in [0.3, 0.4) is 0 Å². The molecule has 44 heavy (non-hydrogen) atoms. The lowest BCUT2D eigenvalue weighted by molar-refractivity contribution is -0.162. The summed E-state index contributed by atoms with van der Waals surface area (Å²) in [5.41, 5.74) is 1.78. The molecule has 0 unspecified atom stereocenters. The normalized spacial score (nSPS) is 21.1. The van der Waals surface area contributed by atoms with Gasteiger partial charge in [0, 0.05) is 25.5 Å². The molecule has 2 heterocycles. The van der Waals surface area contributed by atoms with Crippen molar-refractivity contribution in [2.45, 2.75) is 88.6 Å². The Kier molecular flexibility index (Phi) is 13.3. The molecule has 2 aromatic rings. The third kappa shape index (κ3) is 11.8. The van der Waals surface area contributed by atoms with Crippen molar-refractivity contribution in [3.63, 3.8) is 0 Å². The predicted molar refractivity (Wildman–Crippen MR) is 164 cm³/mol. The number of allylic oxidation sites excluding steroid dienone is 1. The largest absolute Gasteiger partial charge is 0.462 e. The van der Waals surface area contributed by atoms with E-state index < -0.39 is 24.3 Å². The van der Waals surface area contributed by atoms with Crippen molar-refractivity contribution in [1.29, 1.82) is 0 Å². The number of aromatic nitrogens is 1. The first-order valence-corrected chi connectivity index (χ1v) is 15.3. The van der Waals surface area contributed by atoms with Crippen LogP contribution in [-0.4, -0.2) is 61.1 Å². The molecule has 1 saturated carbocycles. The summed E-state index contributed by atoms with van der Waals surface area (Å²) in [4.78, 5) is 40.8. The van der Waals surface area contributed by atoms with E-state index in [4.69, 9.17) is 18.6 Å². The molecule has 0 spiro atoms. The molecular formula is C34H42N2O8. The Morgan fingerprint density at radius 3 is 2.61 bits per heavy atom. The summed E-state index contributed by atoms with van der Waals surface area (Å²) < 4.78 is 27.7. The molecule has 1 N–H and O–H groups in total. The van der Waals surface area contributed by atoms with Crippen LogP contribution >= 0.6 is 0 Å². The van der Waals surface area contributed by atoms with Crippen LogP contribution in [0.1, 0.15) is 74.9 Å². The van der Waals surface area contributed by atoms with Gasteiger partial charge in [-0.1, -0.05) is 61.1 Å². The molecule has 10 heteroatoms. The lowest BCUT2D eigenvalue weighted by Gasteiger charge is -2.33. The Morgan fingerprint density at radius 2 is 1.82 bits per heavy atom. The van der Waals surface area contributed by atoms with Gasteiger partial charge in [-0.05, 0) is 50.2 Å². The monoisotopic (exact) mass is 606 g/mol. The summed E-state index contributed by atoms with van der Waals surface area (Å²) in [5.74, 6) is -0.278. The molecule has 1 aromatic heterocycles. The van der Waals surface area contributed by atoms with Crippen LogP contribution in [0.2, 0.25) is 0 Å². The van der Waals surface area contributed by atoms with Crippen molar-refractivity contribution >= 4 is 30.2 Å². The average Bonchev–Trinajstić information content (AvgIpc) is 3.48. The molecular weight excluding hydrogens is 564 g/mol. The van der Waals surface area contributed by atoms with Crippen molar-refractivity contribution in [1.82, 2.24) is 10.3 Å². The van der Waals surface area contributed by atoms with E-state index in [2.05, 4.69) is 15.0 Å². The molecule has 1 aromatic carbocycles. The summed E-state index contributed by atoms with van der Waals surface area (Å²) in [5, 5.41) is 2.53. The van der Waals surface area contributed by atoms with Gasteiger partial charge in [-0.25, -0.2) is 14.6 Å². The maximum atomic E-state index is 12.7. The molecule has 0 radical (unpaired) electrons. The second-order valence-electron chi connectivity index (χ2n) is 10.9. The number of amides is 1. The van der Waals surface area contributed by atoms with E-state index in [1.807, 2.05) is 42.5 Å². The smallest absolute Gasteiger partial charge is 0.407 e. The number of ether oxygens (including phenoxy) is 4. The fourth-order valence-electron chi connectivity index (χ4n) is 5.25. The van der Waals surface area contributed by atoms with Crippen LogP contribution in [0.25, 0.3) is 12.2 Å². The quantitative estimate of drug-likeness (QED) is 0.167. The number of alkyl carbamates (subject to hydrolysis) is 1. The van der Waals surface area contributed by atoms with Crippen LogP contribution in [0, 0.1) is 0 Å². The minimum absolute atomic E-state index is 0.0111. The van der Waals surface area contributed by atoms with Gasteiger partial charge in [-0.2, -0.15) is 0 Å². The van der Waals surface area contributed by atoms with E-state index in [0.717, 1.165) is 36.9 Å².